The Bertz CT molecular complexity index is 458. The van der Waals surface area contributed by atoms with E-state index in [4.69, 9.17) is 4.74 Å². The molecule has 1 aliphatic carbocycles. The van der Waals surface area contributed by atoms with Gasteiger partial charge in [0.1, 0.15) is 0 Å². The van der Waals surface area contributed by atoms with E-state index >= 15 is 0 Å². The molecule has 1 N–H and O–H groups in total. The van der Waals surface area contributed by atoms with Gasteiger partial charge in [-0.25, -0.2) is 4.79 Å². The average Bonchev–Trinajstić information content (AvgIpc) is 3.29. The first-order chi connectivity index (χ1) is 9.63. The first-order valence-electron chi connectivity index (χ1n) is 7.20. The minimum absolute atomic E-state index is 0.00313. The highest BCUT2D eigenvalue weighted by Crippen LogP contribution is 2.34. The molecular weight excluding hydrogens is 252 g/mol. The number of amides is 2. The maximum atomic E-state index is 12.1. The van der Waals surface area contributed by atoms with Gasteiger partial charge in [-0.1, -0.05) is 24.3 Å². The summed E-state index contributed by atoms with van der Waals surface area (Å²) < 4.78 is 5.18. The highest BCUT2D eigenvalue weighted by molar-refractivity contribution is 5.74. The number of ether oxygens (including phenoxy) is 1. The summed E-state index contributed by atoms with van der Waals surface area (Å²) in [6.45, 7) is 3.23. The van der Waals surface area contributed by atoms with Crippen molar-refractivity contribution in [2.24, 2.45) is 5.92 Å². The summed E-state index contributed by atoms with van der Waals surface area (Å²) in [5.41, 5.74) is 2.23. The van der Waals surface area contributed by atoms with Crippen LogP contribution in [-0.4, -0.2) is 31.1 Å². The lowest BCUT2D eigenvalue weighted by atomic mass is 10.1. The van der Waals surface area contributed by atoms with Crippen LogP contribution in [-0.2, 0) is 17.9 Å². The molecule has 110 valence electrons. The zero-order valence-corrected chi connectivity index (χ0v) is 12.6. The highest BCUT2D eigenvalue weighted by Gasteiger charge is 2.32. The van der Waals surface area contributed by atoms with Crippen molar-refractivity contribution in [1.82, 2.24) is 10.2 Å². The predicted octanol–water partition coefficient (Wildman–Crippen LogP) is 2.77. The molecular formula is C16H24N2O2. The van der Waals surface area contributed by atoms with E-state index < -0.39 is 0 Å². The van der Waals surface area contributed by atoms with Gasteiger partial charge in [0.2, 0.25) is 0 Å². The van der Waals surface area contributed by atoms with Crippen LogP contribution in [0.2, 0.25) is 0 Å². The lowest BCUT2D eigenvalue weighted by Gasteiger charge is -2.25. The minimum atomic E-state index is -0.00313. The van der Waals surface area contributed by atoms with E-state index in [1.54, 1.807) is 7.11 Å². The molecule has 0 aromatic heterocycles. The lowest BCUT2D eigenvalue weighted by Crippen LogP contribution is -2.43. The van der Waals surface area contributed by atoms with E-state index in [9.17, 15) is 4.79 Å². The maximum Gasteiger partial charge on any atom is 0.317 e. The van der Waals surface area contributed by atoms with Crippen LogP contribution in [0.1, 0.15) is 30.9 Å². The van der Waals surface area contributed by atoms with Crippen molar-refractivity contribution in [3.63, 3.8) is 0 Å². The van der Waals surface area contributed by atoms with Crippen LogP contribution in [0.4, 0.5) is 4.79 Å². The van der Waals surface area contributed by atoms with E-state index in [2.05, 4.69) is 12.2 Å². The Hall–Kier alpha value is -1.55. The van der Waals surface area contributed by atoms with Gasteiger partial charge in [-0.15, -0.1) is 0 Å². The fraction of sp³-hybridized carbons (Fsp3) is 0.562. The van der Waals surface area contributed by atoms with E-state index in [0.29, 0.717) is 25.1 Å². The zero-order chi connectivity index (χ0) is 14.5. The molecule has 20 heavy (non-hydrogen) atoms. The highest BCUT2D eigenvalue weighted by atomic mass is 16.5. The smallest absolute Gasteiger partial charge is 0.317 e. The number of hydrogen-bond donors (Lipinski definition) is 1. The Morgan fingerprint density at radius 3 is 2.65 bits per heavy atom. The molecule has 4 nitrogen and oxygen atoms in total. The van der Waals surface area contributed by atoms with Gasteiger partial charge >= 0.3 is 6.03 Å². The summed E-state index contributed by atoms with van der Waals surface area (Å²) in [7, 11) is 3.56. The minimum Gasteiger partial charge on any atom is -0.380 e. The number of nitrogens with zero attached hydrogens (tertiary/aromatic N) is 1. The quantitative estimate of drug-likeness (QED) is 0.868. The van der Waals surface area contributed by atoms with E-state index in [0.717, 1.165) is 11.1 Å². The van der Waals surface area contributed by atoms with Crippen LogP contribution in [0, 0.1) is 5.92 Å². The molecule has 1 saturated carbocycles. The molecule has 0 unspecified atom stereocenters. The summed E-state index contributed by atoms with van der Waals surface area (Å²) in [6.07, 6.45) is 2.49. The summed E-state index contributed by atoms with van der Waals surface area (Å²) in [6, 6.07) is 8.35. The third-order valence-corrected chi connectivity index (χ3v) is 4.08. The number of rotatable bonds is 6. The molecule has 1 aromatic carbocycles. The van der Waals surface area contributed by atoms with Gasteiger partial charge in [-0.2, -0.15) is 0 Å². The van der Waals surface area contributed by atoms with Crippen LogP contribution < -0.4 is 5.32 Å². The Morgan fingerprint density at radius 2 is 2.05 bits per heavy atom. The number of benzene rings is 1. The van der Waals surface area contributed by atoms with Crippen LogP contribution in [0.3, 0.4) is 0 Å². The van der Waals surface area contributed by atoms with Crippen LogP contribution >= 0.6 is 0 Å². The average molecular weight is 276 g/mol. The van der Waals surface area contributed by atoms with Crippen molar-refractivity contribution in [3.8, 4) is 0 Å². The van der Waals surface area contributed by atoms with Gasteiger partial charge < -0.3 is 15.0 Å². The van der Waals surface area contributed by atoms with Crippen molar-refractivity contribution in [3.05, 3.63) is 35.4 Å². The Morgan fingerprint density at radius 1 is 1.40 bits per heavy atom. The lowest BCUT2D eigenvalue weighted by molar-refractivity contribution is 0.182. The third-order valence-electron chi connectivity index (χ3n) is 4.08. The topological polar surface area (TPSA) is 41.6 Å². The molecule has 1 atom stereocenters. The van der Waals surface area contributed by atoms with Crippen molar-refractivity contribution in [2.45, 2.75) is 39.0 Å². The van der Waals surface area contributed by atoms with Gasteiger partial charge in [0.25, 0.3) is 0 Å². The summed E-state index contributed by atoms with van der Waals surface area (Å²) in [5, 5.41) is 2.99. The zero-order valence-electron chi connectivity index (χ0n) is 12.6. The van der Waals surface area contributed by atoms with Crippen molar-refractivity contribution < 1.29 is 9.53 Å². The van der Waals surface area contributed by atoms with Gasteiger partial charge in [-0.3, -0.25) is 0 Å². The number of carbonyl (C=O) groups excluding carboxylic acids is 1. The molecule has 2 rings (SSSR count). The molecule has 0 aliphatic heterocycles. The standard InChI is InChI=1S/C16H24N2O2/c1-12(13-8-9-13)18(2)16(19)17-10-14-6-4-5-7-15(14)11-20-3/h4-7,12-13H,8-11H2,1-3H3,(H,17,19)/t12-/m1/s1. The second kappa shape index (κ2) is 6.75. The molecule has 0 saturated heterocycles. The van der Waals surface area contributed by atoms with Crippen molar-refractivity contribution >= 4 is 6.03 Å². The summed E-state index contributed by atoms with van der Waals surface area (Å²) >= 11 is 0. The largest absolute Gasteiger partial charge is 0.380 e. The predicted molar refractivity (Wildman–Crippen MR) is 79.3 cm³/mol. The van der Waals surface area contributed by atoms with Gasteiger partial charge in [0, 0.05) is 26.7 Å². The first-order valence-corrected chi connectivity index (χ1v) is 7.20. The molecule has 0 radical (unpaired) electrons. The molecule has 1 fully saturated rings. The molecule has 1 aromatic rings. The monoisotopic (exact) mass is 276 g/mol. The van der Waals surface area contributed by atoms with E-state index in [1.165, 1.54) is 12.8 Å². The number of urea groups is 1. The van der Waals surface area contributed by atoms with Crippen molar-refractivity contribution in [1.29, 1.82) is 0 Å². The molecule has 0 heterocycles. The summed E-state index contributed by atoms with van der Waals surface area (Å²) in [5.74, 6) is 0.687. The Balaban J connectivity index is 1.89. The van der Waals surface area contributed by atoms with E-state index in [-0.39, 0.29) is 6.03 Å². The molecule has 4 heteroatoms. The van der Waals surface area contributed by atoms with Crippen LogP contribution in [0.5, 0.6) is 0 Å². The fourth-order valence-electron chi connectivity index (χ4n) is 2.40. The molecule has 0 spiro atoms. The van der Waals surface area contributed by atoms with Gasteiger partial charge in [0.15, 0.2) is 0 Å². The third kappa shape index (κ3) is 3.73. The number of nitrogens with one attached hydrogen (secondary N) is 1. The normalized spacial score (nSPS) is 15.8. The molecule has 0 bridgehead atoms. The molecule has 2 amide bonds. The number of hydrogen-bond acceptors (Lipinski definition) is 2. The molecule has 1 aliphatic rings. The number of methoxy groups -OCH3 is 1. The fourth-order valence-corrected chi connectivity index (χ4v) is 2.40. The van der Waals surface area contributed by atoms with Gasteiger partial charge in [0.05, 0.1) is 6.61 Å². The van der Waals surface area contributed by atoms with Crippen molar-refractivity contribution in [2.75, 3.05) is 14.2 Å². The second-order valence-electron chi connectivity index (χ2n) is 5.55. The van der Waals surface area contributed by atoms with E-state index in [1.807, 2.05) is 36.2 Å². The van der Waals surface area contributed by atoms with Crippen LogP contribution in [0.25, 0.3) is 0 Å². The SMILES string of the molecule is COCc1ccccc1CNC(=O)N(C)[C@H](C)C1CC1. The Kier molecular flexibility index (Phi) is 5.01. The second-order valence-corrected chi connectivity index (χ2v) is 5.55. The van der Waals surface area contributed by atoms with Gasteiger partial charge in [-0.05, 0) is 36.8 Å². The Labute approximate surface area is 121 Å². The van der Waals surface area contributed by atoms with Crippen LogP contribution in [0.15, 0.2) is 24.3 Å². The maximum absolute atomic E-state index is 12.1. The number of carbonyl (C=O) groups is 1. The first kappa shape index (κ1) is 14.9. The summed E-state index contributed by atoms with van der Waals surface area (Å²) in [4.78, 5) is 14.0.